The lowest BCUT2D eigenvalue weighted by molar-refractivity contribution is 0.432. The van der Waals surface area contributed by atoms with Crippen molar-refractivity contribution in [3.8, 4) is 23.0 Å². The van der Waals surface area contributed by atoms with Crippen molar-refractivity contribution in [3.05, 3.63) is 48.2 Å². The summed E-state index contributed by atoms with van der Waals surface area (Å²) in [6.07, 6.45) is 1.72. The minimum Gasteiger partial charge on any atom is -0.398 e. The van der Waals surface area contributed by atoms with Crippen LogP contribution in [0.1, 0.15) is 5.56 Å². The molecule has 0 aliphatic heterocycles. The number of aryl methyl sites for hydroxylation is 1. The highest BCUT2D eigenvalue weighted by Crippen LogP contribution is 2.25. The Morgan fingerprint density at radius 3 is 2.79 bits per heavy atom. The molecule has 0 saturated heterocycles. The second-order valence-electron chi connectivity index (χ2n) is 4.23. The van der Waals surface area contributed by atoms with E-state index in [0.717, 1.165) is 11.1 Å². The van der Waals surface area contributed by atoms with E-state index >= 15 is 0 Å². The zero-order valence-electron chi connectivity index (χ0n) is 10.4. The Morgan fingerprint density at radius 2 is 2.00 bits per heavy atom. The van der Waals surface area contributed by atoms with Gasteiger partial charge in [0.25, 0.3) is 5.89 Å². The molecule has 0 atom stereocenters. The van der Waals surface area contributed by atoms with Crippen LogP contribution in [0, 0.1) is 6.92 Å². The van der Waals surface area contributed by atoms with Crippen molar-refractivity contribution in [1.82, 2.24) is 15.1 Å². The van der Waals surface area contributed by atoms with Gasteiger partial charge in [0.2, 0.25) is 5.82 Å². The normalized spacial score (nSPS) is 10.6. The van der Waals surface area contributed by atoms with Gasteiger partial charge in [-0.25, -0.2) is 0 Å². The SMILES string of the molecule is Cc1ccnc(-c2noc(-c3ccccc3N)n2)c1. The van der Waals surface area contributed by atoms with Crippen LogP contribution >= 0.6 is 0 Å². The number of nitrogens with two attached hydrogens (primary N) is 1. The molecule has 0 aliphatic rings. The molecule has 94 valence electrons. The van der Waals surface area contributed by atoms with Crippen LogP contribution in [0.3, 0.4) is 0 Å². The standard InChI is InChI=1S/C14H12N4O/c1-9-6-7-16-12(8-9)13-17-14(19-18-13)10-4-2-3-5-11(10)15/h2-8H,15H2,1H3. The maximum Gasteiger partial charge on any atom is 0.260 e. The lowest BCUT2D eigenvalue weighted by atomic mass is 10.2. The second-order valence-corrected chi connectivity index (χ2v) is 4.23. The molecular weight excluding hydrogens is 240 g/mol. The van der Waals surface area contributed by atoms with Gasteiger partial charge in [0.15, 0.2) is 0 Å². The summed E-state index contributed by atoms with van der Waals surface area (Å²) in [5.74, 6) is 0.860. The van der Waals surface area contributed by atoms with Crippen molar-refractivity contribution in [1.29, 1.82) is 0 Å². The molecule has 5 nitrogen and oxygen atoms in total. The molecule has 0 saturated carbocycles. The fraction of sp³-hybridized carbons (Fsp3) is 0.0714. The van der Waals surface area contributed by atoms with Gasteiger partial charge in [0.05, 0.1) is 5.56 Å². The van der Waals surface area contributed by atoms with E-state index in [0.29, 0.717) is 23.1 Å². The lowest BCUT2D eigenvalue weighted by Gasteiger charge is -1.98. The predicted octanol–water partition coefficient (Wildman–Crippen LogP) is 2.69. The van der Waals surface area contributed by atoms with E-state index < -0.39 is 0 Å². The molecule has 0 aliphatic carbocycles. The van der Waals surface area contributed by atoms with Crippen molar-refractivity contribution in [2.24, 2.45) is 0 Å². The molecule has 0 unspecified atom stereocenters. The van der Waals surface area contributed by atoms with Gasteiger partial charge in [0.1, 0.15) is 5.69 Å². The third kappa shape index (κ3) is 2.18. The van der Waals surface area contributed by atoms with Crippen LogP contribution in [0.15, 0.2) is 47.1 Å². The van der Waals surface area contributed by atoms with E-state index in [4.69, 9.17) is 10.3 Å². The Bertz CT molecular complexity index is 721. The molecule has 0 spiro atoms. The van der Waals surface area contributed by atoms with Crippen LogP contribution in [-0.4, -0.2) is 15.1 Å². The molecule has 0 amide bonds. The summed E-state index contributed by atoms with van der Waals surface area (Å²) in [4.78, 5) is 8.56. The van der Waals surface area contributed by atoms with Gasteiger partial charge in [-0.15, -0.1) is 0 Å². The smallest absolute Gasteiger partial charge is 0.260 e. The Morgan fingerprint density at radius 1 is 1.16 bits per heavy atom. The maximum atomic E-state index is 5.88. The summed E-state index contributed by atoms with van der Waals surface area (Å²) >= 11 is 0. The van der Waals surface area contributed by atoms with Crippen molar-refractivity contribution in [2.45, 2.75) is 6.92 Å². The monoisotopic (exact) mass is 252 g/mol. The zero-order valence-corrected chi connectivity index (χ0v) is 10.4. The average Bonchev–Trinajstić information content (AvgIpc) is 2.89. The molecule has 2 N–H and O–H groups in total. The molecule has 0 bridgehead atoms. The van der Waals surface area contributed by atoms with E-state index in [1.807, 2.05) is 37.3 Å². The summed E-state index contributed by atoms with van der Waals surface area (Å²) in [6, 6.07) is 11.2. The molecular formula is C14H12N4O. The van der Waals surface area contributed by atoms with Crippen LogP contribution in [0.25, 0.3) is 23.0 Å². The number of para-hydroxylation sites is 1. The van der Waals surface area contributed by atoms with Gasteiger partial charge in [-0.3, -0.25) is 4.98 Å². The van der Waals surface area contributed by atoms with E-state index in [-0.39, 0.29) is 0 Å². The van der Waals surface area contributed by atoms with Crippen molar-refractivity contribution in [3.63, 3.8) is 0 Å². The van der Waals surface area contributed by atoms with E-state index in [1.165, 1.54) is 0 Å². The Hall–Kier alpha value is -2.69. The molecule has 2 heterocycles. The minimum absolute atomic E-state index is 0.399. The first kappa shape index (κ1) is 11.4. The first-order chi connectivity index (χ1) is 9.24. The molecule has 0 fully saturated rings. The van der Waals surface area contributed by atoms with E-state index in [9.17, 15) is 0 Å². The number of anilines is 1. The number of hydrogen-bond acceptors (Lipinski definition) is 5. The Balaban J connectivity index is 2.03. The first-order valence-corrected chi connectivity index (χ1v) is 5.85. The number of aromatic nitrogens is 3. The molecule has 5 heteroatoms. The van der Waals surface area contributed by atoms with Crippen LogP contribution in [-0.2, 0) is 0 Å². The minimum atomic E-state index is 0.399. The van der Waals surface area contributed by atoms with Crippen molar-refractivity contribution < 1.29 is 4.52 Å². The van der Waals surface area contributed by atoms with Crippen molar-refractivity contribution in [2.75, 3.05) is 5.73 Å². The number of rotatable bonds is 2. The Kier molecular flexibility index (Phi) is 2.72. The number of nitrogens with zero attached hydrogens (tertiary/aromatic N) is 3. The summed E-state index contributed by atoms with van der Waals surface area (Å²) in [6.45, 7) is 1.99. The van der Waals surface area contributed by atoms with Gasteiger partial charge < -0.3 is 10.3 Å². The molecule has 19 heavy (non-hydrogen) atoms. The fourth-order valence-corrected chi connectivity index (χ4v) is 1.79. The van der Waals surface area contributed by atoms with Crippen LogP contribution in [0.5, 0.6) is 0 Å². The lowest BCUT2D eigenvalue weighted by Crippen LogP contribution is -1.90. The second kappa shape index (κ2) is 4.53. The largest absolute Gasteiger partial charge is 0.398 e. The molecule has 3 rings (SSSR count). The molecule has 2 aromatic heterocycles. The summed E-state index contributed by atoms with van der Waals surface area (Å²) < 4.78 is 5.24. The molecule has 3 aromatic rings. The van der Waals surface area contributed by atoms with Gasteiger partial charge in [-0.1, -0.05) is 17.3 Å². The van der Waals surface area contributed by atoms with Gasteiger partial charge >= 0.3 is 0 Å². The van der Waals surface area contributed by atoms with Gasteiger partial charge in [-0.2, -0.15) is 4.98 Å². The number of hydrogen-bond donors (Lipinski definition) is 1. The number of pyridine rings is 1. The summed E-state index contributed by atoms with van der Waals surface area (Å²) in [5.41, 5.74) is 9.00. The van der Waals surface area contributed by atoms with Crippen LogP contribution in [0.2, 0.25) is 0 Å². The summed E-state index contributed by atoms with van der Waals surface area (Å²) in [7, 11) is 0. The van der Waals surface area contributed by atoms with E-state index in [2.05, 4.69) is 15.1 Å². The topological polar surface area (TPSA) is 77.8 Å². The van der Waals surface area contributed by atoms with Gasteiger partial charge in [-0.05, 0) is 36.8 Å². The van der Waals surface area contributed by atoms with Gasteiger partial charge in [0, 0.05) is 11.9 Å². The highest BCUT2D eigenvalue weighted by molar-refractivity contribution is 5.70. The quantitative estimate of drug-likeness (QED) is 0.709. The highest BCUT2D eigenvalue weighted by atomic mass is 16.5. The first-order valence-electron chi connectivity index (χ1n) is 5.85. The van der Waals surface area contributed by atoms with Crippen molar-refractivity contribution >= 4 is 5.69 Å². The average molecular weight is 252 g/mol. The summed E-state index contributed by atoms with van der Waals surface area (Å²) in [5, 5.41) is 3.94. The Labute approximate surface area is 110 Å². The maximum absolute atomic E-state index is 5.88. The predicted molar refractivity (Wildman–Crippen MR) is 72.1 cm³/mol. The highest BCUT2D eigenvalue weighted by Gasteiger charge is 2.13. The number of benzene rings is 1. The van der Waals surface area contributed by atoms with Crippen LogP contribution < -0.4 is 5.73 Å². The van der Waals surface area contributed by atoms with Crippen LogP contribution in [0.4, 0.5) is 5.69 Å². The molecule has 1 aromatic carbocycles. The zero-order chi connectivity index (χ0) is 13.2. The fourth-order valence-electron chi connectivity index (χ4n) is 1.79. The van der Waals surface area contributed by atoms with E-state index in [1.54, 1.807) is 12.3 Å². The molecule has 0 radical (unpaired) electrons. The third-order valence-corrected chi connectivity index (χ3v) is 2.76. The number of nitrogen functional groups attached to an aromatic ring is 1. The third-order valence-electron chi connectivity index (χ3n) is 2.76.